The number of rotatable bonds is 3. The standard InChI is InChI=1S/C12H17N3O2/c1-2-11-12(17-9-16-11)7-10(1)14-8-15-5-3-13-4-6-15/h1-2,7,13-14H,3-6,8-9H2. The number of piperazine rings is 1. The number of hydrogen-bond donors (Lipinski definition) is 2. The van der Waals surface area contributed by atoms with Crippen molar-refractivity contribution in [2.75, 3.05) is 45.0 Å². The largest absolute Gasteiger partial charge is 0.454 e. The summed E-state index contributed by atoms with van der Waals surface area (Å²) in [6.07, 6.45) is 0. The molecule has 0 spiro atoms. The van der Waals surface area contributed by atoms with Crippen LogP contribution >= 0.6 is 0 Å². The van der Waals surface area contributed by atoms with Crippen LogP contribution in [0.2, 0.25) is 0 Å². The fourth-order valence-electron chi connectivity index (χ4n) is 2.08. The van der Waals surface area contributed by atoms with Crippen molar-refractivity contribution in [3.8, 4) is 11.5 Å². The van der Waals surface area contributed by atoms with Gasteiger partial charge in [-0.15, -0.1) is 0 Å². The van der Waals surface area contributed by atoms with Crippen LogP contribution in [0.25, 0.3) is 0 Å². The summed E-state index contributed by atoms with van der Waals surface area (Å²) >= 11 is 0. The van der Waals surface area contributed by atoms with Gasteiger partial charge in [-0.1, -0.05) is 0 Å². The Morgan fingerprint density at radius 3 is 2.88 bits per heavy atom. The Morgan fingerprint density at radius 1 is 1.18 bits per heavy atom. The van der Waals surface area contributed by atoms with E-state index in [0.717, 1.165) is 50.0 Å². The van der Waals surface area contributed by atoms with Crippen molar-refractivity contribution >= 4 is 5.69 Å². The molecular formula is C12H17N3O2. The molecule has 0 amide bonds. The molecule has 0 aromatic heterocycles. The van der Waals surface area contributed by atoms with E-state index in [1.807, 2.05) is 18.2 Å². The lowest BCUT2D eigenvalue weighted by Crippen LogP contribution is -2.45. The van der Waals surface area contributed by atoms with Gasteiger partial charge in [0, 0.05) is 37.9 Å². The Balaban J connectivity index is 1.57. The molecule has 17 heavy (non-hydrogen) atoms. The van der Waals surface area contributed by atoms with E-state index in [1.54, 1.807) is 0 Å². The van der Waals surface area contributed by atoms with Gasteiger partial charge in [0.05, 0.1) is 6.67 Å². The van der Waals surface area contributed by atoms with Gasteiger partial charge in [-0.2, -0.15) is 0 Å². The molecule has 0 saturated carbocycles. The van der Waals surface area contributed by atoms with Crippen LogP contribution in [-0.4, -0.2) is 44.5 Å². The van der Waals surface area contributed by atoms with Gasteiger partial charge in [0.2, 0.25) is 6.79 Å². The average Bonchev–Trinajstić information content (AvgIpc) is 2.85. The quantitative estimate of drug-likeness (QED) is 0.807. The van der Waals surface area contributed by atoms with Gasteiger partial charge >= 0.3 is 0 Å². The van der Waals surface area contributed by atoms with E-state index in [4.69, 9.17) is 9.47 Å². The zero-order valence-corrected chi connectivity index (χ0v) is 9.74. The molecule has 2 heterocycles. The van der Waals surface area contributed by atoms with Crippen LogP contribution in [0.3, 0.4) is 0 Å². The zero-order chi connectivity index (χ0) is 11.5. The van der Waals surface area contributed by atoms with E-state index in [2.05, 4.69) is 15.5 Å². The second-order valence-electron chi connectivity index (χ2n) is 4.27. The van der Waals surface area contributed by atoms with E-state index in [1.165, 1.54) is 0 Å². The lowest BCUT2D eigenvalue weighted by atomic mass is 10.3. The summed E-state index contributed by atoms with van der Waals surface area (Å²) in [4.78, 5) is 2.39. The Labute approximate surface area is 101 Å². The van der Waals surface area contributed by atoms with E-state index >= 15 is 0 Å². The molecule has 1 aromatic rings. The smallest absolute Gasteiger partial charge is 0.231 e. The SMILES string of the molecule is c1cc2c(cc1NCN1CCNCC1)OCO2. The molecule has 0 bridgehead atoms. The van der Waals surface area contributed by atoms with Crippen molar-refractivity contribution in [2.45, 2.75) is 0 Å². The third kappa shape index (κ3) is 2.45. The molecule has 1 saturated heterocycles. The van der Waals surface area contributed by atoms with E-state index in [0.29, 0.717) is 6.79 Å². The molecule has 0 aliphatic carbocycles. The lowest BCUT2D eigenvalue weighted by Gasteiger charge is -2.27. The maximum absolute atomic E-state index is 5.35. The van der Waals surface area contributed by atoms with Crippen LogP contribution in [-0.2, 0) is 0 Å². The molecule has 5 heteroatoms. The van der Waals surface area contributed by atoms with Crippen LogP contribution in [0.1, 0.15) is 0 Å². The van der Waals surface area contributed by atoms with Crippen molar-refractivity contribution in [1.82, 2.24) is 10.2 Å². The first-order valence-corrected chi connectivity index (χ1v) is 5.98. The Bertz CT molecular complexity index is 391. The van der Waals surface area contributed by atoms with Crippen LogP contribution in [0.4, 0.5) is 5.69 Å². The third-order valence-corrected chi connectivity index (χ3v) is 3.09. The summed E-state index contributed by atoms with van der Waals surface area (Å²) in [6, 6.07) is 5.96. The highest BCUT2D eigenvalue weighted by atomic mass is 16.7. The average molecular weight is 235 g/mol. The summed E-state index contributed by atoms with van der Waals surface area (Å²) in [5, 5.41) is 6.75. The van der Waals surface area contributed by atoms with Crippen molar-refractivity contribution in [1.29, 1.82) is 0 Å². The number of anilines is 1. The fraction of sp³-hybridized carbons (Fsp3) is 0.500. The van der Waals surface area contributed by atoms with Crippen LogP contribution < -0.4 is 20.1 Å². The number of benzene rings is 1. The summed E-state index contributed by atoms with van der Waals surface area (Å²) in [5.74, 6) is 1.66. The molecule has 0 radical (unpaired) electrons. The molecule has 2 N–H and O–H groups in total. The molecule has 2 aliphatic heterocycles. The number of ether oxygens (including phenoxy) is 2. The first kappa shape index (κ1) is 10.7. The molecule has 92 valence electrons. The Hall–Kier alpha value is -1.46. The summed E-state index contributed by atoms with van der Waals surface area (Å²) < 4.78 is 10.6. The number of nitrogens with one attached hydrogen (secondary N) is 2. The van der Waals surface area contributed by atoms with Gasteiger partial charge in [-0.05, 0) is 12.1 Å². The molecule has 3 rings (SSSR count). The van der Waals surface area contributed by atoms with Crippen molar-refractivity contribution < 1.29 is 9.47 Å². The minimum absolute atomic E-state index is 0.330. The topological polar surface area (TPSA) is 45.8 Å². The van der Waals surface area contributed by atoms with Gasteiger partial charge < -0.3 is 20.1 Å². The predicted molar refractivity (Wildman–Crippen MR) is 65.5 cm³/mol. The second-order valence-corrected chi connectivity index (χ2v) is 4.27. The van der Waals surface area contributed by atoms with E-state index in [-0.39, 0.29) is 0 Å². The molecule has 0 unspecified atom stereocenters. The molecule has 5 nitrogen and oxygen atoms in total. The van der Waals surface area contributed by atoms with Gasteiger partial charge in [-0.25, -0.2) is 0 Å². The second kappa shape index (κ2) is 4.81. The van der Waals surface area contributed by atoms with Crippen LogP contribution in [0, 0.1) is 0 Å². The lowest BCUT2D eigenvalue weighted by molar-refractivity contribution is 0.174. The fourth-order valence-corrected chi connectivity index (χ4v) is 2.08. The Kier molecular flexibility index (Phi) is 3.02. The number of hydrogen-bond acceptors (Lipinski definition) is 5. The first-order chi connectivity index (χ1) is 8.42. The van der Waals surface area contributed by atoms with Gasteiger partial charge in [0.1, 0.15) is 0 Å². The Morgan fingerprint density at radius 2 is 2.00 bits per heavy atom. The monoisotopic (exact) mass is 235 g/mol. The minimum atomic E-state index is 0.330. The van der Waals surface area contributed by atoms with E-state index in [9.17, 15) is 0 Å². The van der Waals surface area contributed by atoms with Crippen LogP contribution in [0.5, 0.6) is 11.5 Å². The van der Waals surface area contributed by atoms with Gasteiger partial charge in [-0.3, -0.25) is 4.90 Å². The molecule has 0 atom stereocenters. The van der Waals surface area contributed by atoms with Gasteiger partial charge in [0.25, 0.3) is 0 Å². The third-order valence-electron chi connectivity index (χ3n) is 3.09. The predicted octanol–water partition coefficient (Wildman–Crippen LogP) is 0.690. The van der Waals surface area contributed by atoms with E-state index < -0.39 is 0 Å². The maximum Gasteiger partial charge on any atom is 0.231 e. The van der Waals surface area contributed by atoms with Crippen LogP contribution in [0.15, 0.2) is 18.2 Å². The first-order valence-electron chi connectivity index (χ1n) is 5.98. The highest BCUT2D eigenvalue weighted by molar-refractivity contribution is 5.55. The van der Waals surface area contributed by atoms with Crippen molar-refractivity contribution in [2.24, 2.45) is 0 Å². The molecule has 1 aromatic carbocycles. The van der Waals surface area contributed by atoms with Crippen molar-refractivity contribution in [3.05, 3.63) is 18.2 Å². The molecular weight excluding hydrogens is 218 g/mol. The summed E-state index contributed by atoms with van der Waals surface area (Å²) in [6.45, 7) is 5.54. The molecule has 1 fully saturated rings. The normalized spacial score (nSPS) is 19.3. The minimum Gasteiger partial charge on any atom is -0.454 e. The molecule has 2 aliphatic rings. The number of fused-ring (bicyclic) bond motifs is 1. The summed E-state index contributed by atoms with van der Waals surface area (Å²) in [7, 11) is 0. The van der Waals surface area contributed by atoms with Gasteiger partial charge in [0.15, 0.2) is 11.5 Å². The highest BCUT2D eigenvalue weighted by Crippen LogP contribution is 2.34. The number of nitrogens with zero attached hydrogens (tertiary/aromatic N) is 1. The van der Waals surface area contributed by atoms with Crippen molar-refractivity contribution in [3.63, 3.8) is 0 Å². The highest BCUT2D eigenvalue weighted by Gasteiger charge is 2.13. The zero-order valence-electron chi connectivity index (χ0n) is 9.74. The summed E-state index contributed by atoms with van der Waals surface area (Å²) in [5.41, 5.74) is 1.08. The maximum atomic E-state index is 5.35.